The molecule has 0 saturated carbocycles. The molecule has 1 heterocycles. The van der Waals surface area contributed by atoms with Gasteiger partial charge in [-0.3, -0.25) is 0 Å². The van der Waals surface area contributed by atoms with Gasteiger partial charge in [-0.05, 0) is 37.9 Å². The Morgan fingerprint density at radius 1 is 1.29 bits per heavy atom. The summed E-state index contributed by atoms with van der Waals surface area (Å²) in [6.45, 7) is 4.34. The maximum absolute atomic E-state index is 13.2. The lowest BCUT2D eigenvalue weighted by molar-refractivity contribution is -0.137. The van der Waals surface area contributed by atoms with E-state index in [9.17, 15) is 13.2 Å². The highest BCUT2D eigenvalue weighted by Crippen LogP contribution is 2.36. The number of rotatable bonds is 6. The molecule has 0 aliphatic carbocycles. The van der Waals surface area contributed by atoms with Gasteiger partial charge in [0.2, 0.25) is 0 Å². The number of anilines is 1. The number of hydrogen-bond acceptors (Lipinski definition) is 2. The van der Waals surface area contributed by atoms with Crippen molar-refractivity contribution in [1.29, 1.82) is 0 Å². The zero-order valence-corrected chi connectivity index (χ0v) is 12.4. The number of unbranched alkanes of at least 4 members (excludes halogenated alkanes) is 1. The average Bonchev–Trinajstić information content (AvgIpc) is 2.95. The van der Waals surface area contributed by atoms with Crippen LogP contribution in [0.25, 0.3) is 0 Å². The van der Waals surface area contributed by atoms with Crippen molar-refractivity contribution in [3.63, 3.8) is 0 Å². The van der Waals surface area contributed by atoms with Crippen LogP contribution in [0.5, 0.6) is 0 Å². The van der Waals surface area contributed by atoms with Gasteiger partial charge in [-0.25, -0.2) is 0 Å². The van der Waals surface area contributed by atoms with Gasteiger partial charge in [0.05, 0.1) is 5.56 Å². The molecule has 0 radical (unpaired) electrons. The fraction of sp³-hybridized carbons (Fsp3) is 0.625. The van der Waals surface area contributed by atoms with Gasteiger partial charge in [0.15, 0.2) is 0 Å². The Kier molecular flexibility index (Phi) is 5.51. The summed E-state index contributed by atoms with van der Waals surface area (Å²) in [5.74, 6) is 0. The lowest BCUT2D eigenvalue weighted by Crippen LogP contribution is -2.39. The largest absolute Gasteiger partial charge is 0.418 e. The van der Waals surface area contributed by atoms with E-state index in [1.165, 1.54) is 12.1 Å². The number of para-hydroxylation sites is 1. The third kappa shape index (κ3) is 4.37. The molecule has 2 nitrogen and oxygen atoms in total. The molecule has 1 aliphatic rings. The summed E-state index contributed by atoms with van der Waals surface area (Å²) < 4.78 is 39.6. The first-order valence-electron chi connectivity index (χ1n) is 7.67. The Labute approximate surface area is 124 Å². The zero-order chi connectivity index (χ0) is 15.3. The summed E-state index contributed by atoms with van der Waals surface area (Å²) in [4.78, 5) is 1.90. The molecule has 118 valence electrons. The molecule has 1 atom stereocenters. The second kappa shape index (κ2) is 7.16. The molecule has 21 heavy (non-hydrogen) atoms. The van der Waals surface area contributed by atoms with Crippen molar-refractivity contribution in [2.24, 2.45) is 0 Å². The minimum atomic E-state index is -4.30. The quantitative estimate of drug-likeness (QED) is 0.852. The predicted molar refractivity (Wildman–Crippen MR) is 79.6 cm³/mol. The van der Waals surface area contributed by atoms with Gasteiger partial charge < -0.3 is 10.2 Å². The number of benzene rings is 1. The van der Waals surface area contributed by atoms with Crippen molar-refractivity contribution in [2.75, 3.05) is 24.5 Å². The molecule has 2 rings (SSSR count). The van der Waals surface area contributed by atoms with E-state index in [0.717, 1.165) is 32.2 Å². The summed E-state index contributed by atoms with van der Waals surface area (Å²) in [6.07, 6.45) is -0.282. The van der Waals surface area contributed by atoms with Crippen molar-refractivity contribution in [3.05, 3.63) is 29.8 Å². The summed E-state index contributed by atoms with van der Waals surface area (Å²) in [6, 6.07) is 6.20. The summed E-state index contributed by atoms with van der Waals surface area (Å²) >= 11 is 0. The van der Waals surface area contributed by atoms with E-state index in [4.69, 9.17) is 0 Å². The first kappa shape index (κ1) is 16.1. The third-order valence-corrected chi connectivity index (χ3v) is 3.93. The van der Waals surface area contributed by atoms with E-state index in [0.29, 0.717) is 24.8 Å². The maximum atomic E-state index is 13.2. The van der Waals surface area contributed by atoms with Crippen LogP contribution in [0.3, 0.4) is 0 Å². The number of hydrogen-bond donors (Lipinski definition) is 1. The molecule has 0 aromatic heterocycles. The van der Waals surface area contributed by atoms with Crippen molar-refractivity contribution < 1.29 is 13.2 Å². The molecule has 1 fully saturated rings. The molecule has 0 spiro atoms. The molecule has 1 saturated heterocycles. The second-order valence-electron chi connectivity index (χ2n) is 5.61. The summed E-state index contributed by atoms with van der Waals surface area (Å²) in [5.41, 5.74) is -0.216. The SMILES string of the molecule is CCCCN(CC1CCCN1)c1ccccc1C(F)(F)F. The van der Waals surface area contributed by atoms with Crippen molar-refractivity contribution >= 4 is 5.69 Å². The van der Waals surface area contributed by atoms with E-state index < -0.39 is 11.7 Å². The number of halogens is 3. The normalized spacial score (nSPS) is 19.0. The Morgan fingerprint density at radius 2 is 2.05 bits per heavy atom. The monoisotopic (exact) mass is 300 g/mol. The smallest absolute Gasteiger partial charge is 0.369 e. The van der Waals surface area contributed by atoms with Crippen LogP contribution in [0, 0.1) is 0 Å². The lowest BCUT2D eigenvalue weighted by atomic mass is 10.1. The van der Waals surface area contributed by atoms with Gasteiger partial charge in [0.25, 0.3) is 0 Å². The number of nitrogens with zero attached hydrogens (tertiary/aromatic N) is 1. The third-order valence-electron chi connectivity index (χ3n) is 3.93. The van der Waals surface area contributed by atoms with E-state index in [2.05, 4.69) is 12.2 Å². The highest BCUT2D eigenvalue weighted by molar-refractivity contribution is 5.55. The van der Waals surface area contributed by atoms with Crippen LogP contribution in [0.1, 0.15) is 38.2 Å². The van der Waals surface area contributed by atoms with Gasteiger partial charge in [-0.1, -0.05) is 25.5 Å². The highest BCUT2D eigenvalue weighted by Gasteiger charge is 2.34. The molecule has 1 unspecified atom stereocenters. The van der Waals surface area contributed by atoms with Crippen LogP contribution in [0.15, 0.2) is 24.3 Å². The van der Waals surface area contributed by atoms with Crippen LogP contribution in [0.2, 0.25) is 0 Å². The van der Waals surface area contributed by atoms with E-state index >= 15 is 0 Å². The molecule has 1 aliphatic heterocycles. The molecule has 1 N–H and O–H groups in total. The zero-order valence-electron chi connectivity index (χ0n) is 12.4. The molecule has 5 heteroatoms. The first-order chi connectivity index (χ1) is 10.0. The van der Waals surface area contributed by atoms with Crippen LogP contribution < -0.4 is 10.2 Å². The molecular weight excluding hydrogens is 277 g/mol. The van der Waals surface area contributed by atoms with Gasteiger partial charge in [0, 0.05) is 24.8 Å². The maximum Gasteiger partial charge on any atom is 0.418 e. The predicted octanol–water partition coefficient (Wildman–Crippen LogP) is 4.06. The standard InChI is InChI=1S/C16H23F3N2/c1-2-3-11-21(12-13-7-6-10-20-13)15-9-5-4-8-14(15)16(17,18)19/h4-5,8-9,13,20H,2-3,6-7,10-12H2,1H3. The fourth-order valence-corrected chi connectivity index (χ4v) is 2.83. The Bertz CT molecular complexity index is 439. The molecule has 1 aromatic rings. The highest BCUT2D eigenvalue weighted by atomic mass is 19.4. The second-order valence-corrected chi connectivity index (χ2v) is 5.61. The minimum absolute atomic E-state index is 0.295. The first-order valence-corrected chi connectivity index (χ1v) is 7.67. The Morgan fingerprint density at radius 3 is 2.67 bits per heavy atom. The van der Waals surface area contributed by atoms with E-state index in [1.807, 2.05) is 4.90 Å². The molecular formula is C16H23F3N2. The lowest BCUT2D eigenvalue weighted by Gasteiger charge is -2.30. The number of nitrogens with one attached hydrogen (secondary N) is 1. The van der Waals surface area contributed by atoms with Crippen LogP contribution in [0.4, 0.5) is 18.9 Å². The topological polar surface area (TPSA) is 15.3 Å². The van der Waals surface area contributed by atoms with Gasteiger partial charge >= 0.3 is 6.18 Å². The molecule has 1 aromatic carbocycles. The van der Waals surface area contributed by atoms with Gasteiger partial charge in [-0.15, -0.1) is 0 Å². The Hall–Kier alpha value is -1.23. The van der Waals surface area contributed by atoms with E-state index in [1.54, 1.807) is 12.1 Å². The van der Waals surface area contributed by atoms with Crippen LogP contribution in [-0.2, 0) is 6.18 Å². The van der Waals surface area contributed by atoms with Crippen LogP contribution >= 0.6 is 0 Å². The molecule has 0 bridgehead atoms. The van der Waals surface area contributed by atoms with Crippen molar-refractivity contribution in [3.8, 4) is 0 Å². The van der Waals surface area contributed by atoms with Crippen molar-refractivity contribution in [1.82, 2.24) is 5.32 Å². The van der Waals surface area contributed by atoms with Gasteiger partial charge in [-0.2, -0.15) is 13.2 Å². The Balaban J connectivity index is 2.22. The van der Waals surface area contributed by atoms with Gasteiger partial charge in [0.1, 0.15) is 0 Å². The van der Waals surface area contributed by atoms with E-state index in [-0.39, 0.29) is 0 Å². The summed E-state index contributed by atoms with van der Waals surface area (Å²) in [7, 11) is 0. The fourth-order valence-electron chi connectivity index (χ4n) is 2.83. The van der Waals surface area contributed by atoms with Crippen molar-refractivity contribution in [2.45, 2.75) is 44.8 Å². The number of alkyl halides is 3. The van der Waals surface area contributed by atoms with Crippen LogP contribution in [-0.4, -0.2) is 25.7 Å². The average molecular weight is 300 g/mol. The minimum Gasteiger partial charge on any atom is -0.369 e. The molecule has 0 amide bonds. The summed E-state index contributed by atoms with van der Waals surface area (Å²) in [5, 5.41) is 3.37.